The minimum Gasteiger partial charge on any atom is -0.348 e. The number of halogens is 1. The second-order valence-electron chi connectivity index (χ2n) is 3.45. The molecule has 0 aliphatic heterocycles. The molecule has 1 amide bonds. The monoisotopic (exact) mass is 282 g/mol. The summed E-state index contributed by atoms with van der Waals surface area (Å²) in [6.07, 6.45) is 1.41. The van der Waals surface area contributed by atoms with E-state index in [-0.39, 0.29) is 5.91 Å². The zero-order valence-electron chi connectivity index (χ0n) is 9.39. The molecule has 94 valence electrons. The lowest BCUT2D eigenvalue weighted by molar-refractivity contribution is -0.118. The molecular weight excluding hydrogens is 272 g/mol. The fourth-order valence-electron chi connectivity index (χ4n) is 1.23. The van der Waals surface area contributed by atoms with Crippen molar-refractivity contribution < 1.29 is 4.79 Å². The van der Waals surface area contributed by atoms with Crippen LogP contribution in [0.2, 0.25) is 5.02 Å². The molecule has 0 saturated heterocycles. The molecule has 0 atom stereocenters. The van der Waals surface area contributed by atoms with E-state index in [4.69, 9.17) is 11.6 Å². The number of carbonyl (C=O) groups is 1. The van der Waals surface area contributed by atoms with E-state index in [1.165, 1.54) is 18.1 Å². The number of nitrogens with one attached hydrogen (secondary N) is 2. The van der Waals surface area contributed by atoms with Crippen LogP contribution in [0.4, 0.5) is 0 Å². The van der Waals surface area contributed by atoms with Gasteiger partial charge in [0.2, 0.25) is 5.91 Å². The Morgan fingerprint density at radius 1 is 1.39 bits per heavy atom. The third-order valence-corrected chi connectivity index (χ3v) is 3.37. The van der Waals surface area contributed by atoms with Gasteiger partial charge in [-0.1, -0.05) is 11.6 Å². The molecule has 2 rings (SSSR count). The smallest absolute Gasteiger partial charge is 0.230 e. The molecule has 2 aromatic rings. The number of H-pyrrole nitrogens is 1. The van der Waals surface area contributed by atoms with Crippen molar-refractivity contribution in [3.8, 4) is 0 Å². The van der Waals surface area contributed by atoms with Crippen molar-refractivity contribution in [3.63, 3.8) is 0 Å². The first kappa shape index (κ1) is 12.9. The second-order valence-corrected chi connectivity index (χ2v) is 4.94. The quantitative estimate of drug-likeness (QED) is 0.821. The summed E-state index contributed by atoms with van der Waals surface area (Å²) < 4.78 is 0. The molecule has 18 heavy (non-hydrogen) atoms. The maximum absolute atomic E-state index is 11.6. The van der Waals surface area contributed by atoms with Gasteiger partial charge >= 0.3 is 0 Å². The van der Waals surface area contributed by atoms with Crippen LogP contribution in [-0.4, -0.2) is 26.8 Å². The summed E-state index contributed by atoms with van der Waals surface area (Å²) in [6.45, 7) is 0.361. The van der Waals surface area contributed by atoms with Gasteiger partial charge < -0.3 is 5.32 Å². The van der Waals surface area contributed by atoms with E-state index >= 15 is 0 Å². The highest BCUT2D eigenvalue weighted by Crippen LogP contribution is 2.19. The number of carbonyl (C=O) groups excluding carboxylic acids is 1. The summed E-state index contributed by atoms with van der Waals surface area (Å²) >= 11 is 7.23. The number of rotatable bonds is 5. The topological polar surface area (TPSA) is 70.7 Å². The van der Waals surface area contributed by atoms with Crippen molar-refractivity contribution in [2.75, 3.05) is 5.75 Å². The van der Waals surface area contributed by atoms with Crippen molar-refractivity contribution >= 4 is 29.3 Å². The molecule has 0 unspecified atom stereocenters. The fourth-order valence-corrected chi connectivity index (χ4v) is 2.08. The highest BCUT2D eigenvalue weighted by Gasteiger charge is 2.03. The Labute approximate surface area is 113 Å². The molecule has 0 fully saturated rings. The van der Waals surface area contributed by atoms with Gasteiger partial charge in [0, 0.05) is 9.92 Å². The first-order valence-electron chi connectivity index (χ1n) is 5.23. The molecule has 1 aromatic heterocycles. The van der Waals surface area contributed by atoms with Crippen LogP contribution in [0, 0.1) is 0 Å². The van der Waals surface area contributed by atoms with E-state index < -0.39 is 0 Å². The standard InChI is InChI=1S/C11H11ClN4OS/c12-8-1-3-9(4-2-8)18-6-11(17)13-5-10-14-7-15-16-10/h1-4,7H,5-6H2,(H,13,17)(H,14,15,16). The Bertz CT molecular complexity index is 500. The normalized spacial score (nSPS) is 10.3. The van der Waals surface area contributed by atoms with Crippen LogP contribution in [0.1, 0.15) is 5.82 Å². The largest absolute Gasteiger partial charge is 0.348 e. The zero-order valence-corrected chi connectivity index (χ0v) is 11.0. The summed E-state index contributed by atoms with van der Waals surface area (Å²) in [5.74, 6) is 0.946. The van der Waals surface area contributed by atoms with E-state index in [1.54, 1.807) is 12.1 Å². The average molecular weight is 283 g/mol. The highest BCUT2D eigenvalue weighted by atomic mass is 35.5. The van der Waals surface area contributed by atoms with E-state index in [2.05, 4.69) is 20.5 Å². The number of benzene rings is 1. The Hall–Kier alpha value is -1.53. The Balaban J connectivity index is 1.73. The minimum atomic E-state index is -0.0497. The van der Waals surface area contributed by atoms with Crippen LogP contribution in [0.3, 0.4) is 0 Å². The summed E-state index contributed by atoms with van der Waals surface area (Å²) in [7, 11) is 0. The number of hydrogen-bond donors (Lipinski definition) is 2. The number of aromatic amines is 1. The predicted molar refractivity (Wildman–Crippen MR) is 70.4 cm³/mol. The zero-order chi connectivity index (χ0) is 12.8. The molecule has 5 nitrogen and oxygen atoms in total. The van der Waals surface area contributed by atoms with Gasteiger partial charge in [-0.25, -0.2) is 4.98 Å². The third kappa shape index (κ3) is 4.05. The Morgan fingerprint density at radius 3 is 2.83 bits per heavy atom. The van der Waals surface area contributed by atoms with Gasteiger partial charge in [0.15, 0.2) is 0 Å². The van der Waals surface area contributed by atoms with Gasteiger partial charge in [-0.3, -0.25) is 9.89 Å². The van der Waals surface area contributed by atoms with E-state index in [0.717, 1.165) is 4.90 Å². The lowest BCUT2D eigenvalue weighted by Gasteiger charge is -2.03. The van der Waals surface area contributed by atoms with Crippen LogP contribution < -0.4 is 5.32 Å². The van der Waals surface area contributed by atoms with Gasteiger partial charge in [0.1, 0.15) is 12.2 Å². The average Bonchev–Trinajstić information content (AvgIpc) is 2.89. The van der Waals surface area contributed by atoms with Gasteiger partial charge in [0.05, 0.1) is 12.3 Å². The lowest BCUT2D eigenvalue weighted by atomic mass is 10.4. The number of hydrogen-bond acceptors (Lipinski definition) is 4. The second kappa shape index (κ2) is 6.42. The molecule has 0 saturated carbocycles. The molecule has 7 heteroatoms. The predicted octanol–water partition coefficient (Wildman–Crippen LogP) is 1.87. The number of amides is 1. The van der Waals surface area contributed by atoms with Crippen LogP contribution in [0.5, 0.6) is 0 Å². The van der Waals surface area contributed by atoms with Crippen molar-refractivity contribution in [1.29, 1.82) is 0 Å². The summed E-state index contributed by atoms with van der Waals surface area (Å²) in [4.78, 5) is 16.5. The van der Waals surface area contributed by atoms with E-state index in [1.807, 2.05) is 12.1 Å². The van der Waals surface area contributed by atoms with Crippen LogP contribution in [0.25, 0.3) is 0 Å². The maximum atomic E-state index is 11.6. The maximum Gasteiger partial charge on any atom is 0.230 e. The Morgan fingerprint density at radius 2 is 2.17 bits per heavy atom. The molecule has 2 N–H and O–H groups in total. The van der Waals surface area contributed by atoms with Crippen molar-refractivity contribution in [2.45, 2.75) is 11.4 Å². The van der Waals surface area contributed by atoms with Crippen molar-refractivity contribution in [1.82, 2.24) is 20.5 Å². The van der Waals surface area contributed by atoms with Crippen LogP contribution in [-0.2, 0) is 11.3 Å². The van der Waals surface area contributed by atoms with E-state index in [0.29, 0.717) is 23.1 Å². The fraction of sp³-hybridized carbons (Fsp3) is 0.182. The van der Waals surface area contributed by atoms with Crippen LogP contribution >= 0.6 is 23.4 Å². The Kier molecular flexibility index (Phi) is 4.60. The number of nitrogens with zero attached hydrogens (tertiary/aromatic N) is 2. The molecule has 0 aliphatic carbocycles. The van der Waals surface area contributed by atoms with E-state index in [9.17, 15) is 4.79 Å². The molecule has 0 bridgehead atoms. The SMILES string of the molecule is O=C(CSc1ccc(Cl)cc1)NCc1ncn[nH]1. The van der Waals surface area contributed by atoms with Gasteiger partial charge in [-0.2, -0.15) is 5.10 Å². The molecule has 0 spiro atoms. The minimum absolute atomic E-state index is 0.0497. The van der Waals surface area contributed by atoms with Gasteiger partial charge in [-0.05, 0) is 24.3 Å². The van der Waals surface area contributed by atoms with Crippen LogP contribution in [0.15, 0.2) is 35.5 Å². The van der Waals surface area contributed by atoms with Gasteiger partial charge in [-0.15, -0.1) is 11.8 Å². The lowest BCUT2D eigenvalue weighted by Crippen LogP contribution is -2.25. The highest BCUT2D eigenvalue weighted by molar-refractivity contribution is 8.00. The number of aromatic nitrogens is 3. The molecule has 1 aromatic carbocycles. The first-order valence-corrected chi connectivity index (χ1v) is 6.60. The summed E-state index contributed by atoms with van der Waals surface area (Å²) in [5, 5.41) is 9.81. The van der Waals surface area contributed by atoms with Gasteiger partial charge in [0.25, 0.3) is 0 Å². The third-order valence-electron chi connectivity index (χ3n) is 2.10. The molecule has 1 heterocycles. The van der Waals surface area contributed by atoms with Crippen molar-refractivity contribution in [3.05, 3.63) is 41.4 Å². The summed E-state index contributed by atoms with van der Waals surface area (Å²) in [6, 6.07) is 7.38. The number of thioether (sulfide) groups is 1. The summed E-state index contributed by atoms with van der Waals surface area (Å²) in [5.41, 5.74) is 0. The van der Waals surface area contributed by atoms with Crippen molar-refractivity contribution in [2.24, 2.45) is 0 Å². The molecular formula is C11H11ClN4OS. The molecule has 0 radical (unpaired) electrons. The molecule has 0 aliphatic rings. The first-order chi connectivity index (χ1) is 8.74.